The van der Waals surface area contributed by atoms with Crippen LogP contribution in [0.2, 0.25) is 0 Å². The number of benzene rings is 4. The monoisotopic (exact) mass is 833 g/mol. The zero-order chi connectivity index (χ0) is 44.1. The first-order chi connectivity index (χ1) is 29.1. The molecular weight excluding hydrogens is 775 g/mol. The second kappa shape index (κ2) is 21.3. The molecule has 14 nitrogen and oxygen atoms in total. The Labute approximate surface area is 357 Å². The van der Waals surface area contributed by atoms with Gasteiger partial charge in [0.05, 0.1) is 36.8 Å². The van der Waals surface area contributed by atoms with E-state index in [2.05, 4.69) is 36.6 Å². The van der Waals surface area contributed by atoms with Crippen molar-refractivity contribution in [1.82, 2.24) is 36.6 Å². The minimum absolute atomic E-state index is 0.0983. The number of aliphatic hydroxyl groups excluding tert-OH is 1. The highest BCUT2D eigenvalue weighted by molar-refractivity contribution is 5.91. The molecule has 324 valence electrons. The smallest absolute Gasteiger partial charge is 0.243 e. The van der Waals surface area contributed by atoms with Gasteiger partial charge in [0.25, 0.3) is 0 Å². The molecule has 8 N–H and O–H groups in total. The maximum absolute atomic E-state index is 14.5. The van der Waals surface area contributed by atoms with Crippen molar-refractivity contribution in [2.75, 3.05) is 7.11 Å². The van der Waals surface area contributed by atoms with Crippen LogP contribution < -0.4 is 31.3 Å². The van der Waals surface area contributed by atoms with Crippen LogP contribution in [0.1, 0.15) is 63.6 Å². The molecule has 0 saturated carbocycles. The Morgan fingerprint density at radius 3 is 2.03 bits per heavy atom. The van der Waals surface area contributed by atoms with Gasteiger partial charge in [-0.15, -0.1) is 0 Å². The number of fused-ring (bicyclic) bond motifs is 1. The number of aromatic amines is 1. The number of phenolic OH excluding ortho intramolecular Hbond substituents is 1. The van der Waals surface area contributed by atoms with E-state index in [1.807, 2.05) is 101 Å². The first-order valence-corrected chi connectivity index (χ1v) is 20.6. The summed E-state index contributed by atoms with van der Waals surface area (Å²) in [7, 11) is 1.57. The molecule has 1 heterocycles. The van der Waals surface area contributed by atoms with Gasteiger partial charge < -0.3 is 41.2 Å². The molecule has 0 spiro atoms. The average molecular weight is 834 g/mol. The van der Waals surface area contributed by atoms with Crippen molar-refractivity contribution >= 4 is 34.7 Å². The Kier molecular flexibility index (Phi) is 16.0. The lowest BCUT2D eigenvalue weighted by molar-refractivity contribution is -0.135. The molecule has 0 aliphatic rings. The van der Waals surface area contributed by atoms with E-state index in [0.717, 1.165) is 27.7 Å². The number of aromatic hydroxyl groups is 1. The molecule has 0 unspecified atom stereocenters. The van der Waals surface area contributed by atoms with Crippen molar-refractivity contribution in [2.24, 2.45) is 11.3 Å². The summed E-state index contributed by atoms with van der Waals surface area (Å²) in [5, 5.41) is 36.9. The van der Waals surface area contributed by atoms with Gasteiger partial charge in [-0.25, -0.2) is 4.98 Å². The van der Waals surface area contributed by atoms with Gasteiger partial charge in [-0.1, -0.05) is 101 Å². The number of rotatable bonds is 20. The van der Waals surface area contributed by atoms with E-state index in [-0.39, 0.29) is 43.5 Å². The van der Waals surface area contributed by atoms with Crippen LogP contribution in [-0.4, -0.2) is 81.2 Å². The first-order valence-electron chi connectivity index (χ1n) is 20.6. The highest BCUT2D eigenvalue weighted by atomic mass is 16.5. The molecule has 0 aliphatic carbocycles. The second-order valence-corrected chi connectivity index (χ2v) is 16.7. The number of imidazole rings is 1. The number of methoxy groups -OCH3 is 1. The zero-order valence-electron chi connectivity index (χ0n) is 35.7. The van der Waals surface area contributed by atoms with Crippen molar-refractivity contribution in [3.63, 3.8) is 0 Å². The number of hydrogen-bond donors (Lipinski definition) is 8. The van der Waals surface area contributed by atoms with Gasteiger partial charge >= 0.3 is 0 Å². The predicted molar refractivity (Wildman–Crippen MR) is 234 cm³/mol. The summed E-state index contributed by atoms with van der Waals surface area (Å²) in [5.74, 6) is -0.983. The van der Waals surface area contributed by atoms with Crippen LogP contribution in [0.25, 0.3) is 11.0 Å². The number of nitrogens with zero attached hydrogens (tertiary/aromatic N) is 1. The molecule has 5 atom stereocenters. The highest BCUT2D eigenvalue weighted by Gasteiger charge is 2.39. The number of nitrogens with one attached hydrogen (secondary N) is 6. The summed E-state index contributed by atoms with van der Waals surface area (Å²) in [6.07, 6.45) is -0.897. The number of para-hydroxylation sites is 2. The Balaban J connectivity index is 1.38. The minimum atomic E-state index is -1.53. The summed E-state index contributed by atoms with van der Waals surface area (Å²) in [6.45, 7) is 9.37. The second-order valence-electron chi connectivity index (χ2n) is 16.7. The molecule has 61 heavy (non-hydrogen) atoms. The van der Waals surface area contributed by atoms with Crippen molar-refractivity contribution < 1.29 is 34.1 Å². The molecule has 4 aromatic carbocycles. The molecule has 5 rings (SSSR count). The molecule has 0 fully saturated rings. The lowest BCUT2D eigenvalue weighted by Crippen LogP contribution is -2.63. The topological polar surface area (TPSA) is 207 Å². The van der Waals surface area contributed by atoms with Crippen LogP contribution in [0.3, 0.4) is 0 Å². The van der Waals surface area contributed by atoms with Crippen LogP contribution in [0.4, 0.5) is 0 Å². The van der Waals surface area contributed by atoms with E-state index >= 15 is 0 Å². The Bertz CT molecular complexity index is 2170. The lowest BCUT2D eigenvalue weighted by Gasteiger charge is -2.35. The fourth-order valence-corrected chi connectivity index (χ4v) is 6.94. The maximum Gasteiger partial charge on any atom is 0.243 e. The van der Waals surface area contributed by atoms with Crippen LogP contribution >= 0.6 is 0 Å². The van der Waals surface area contributed by atoms with Crippen LogP contribution in [-0.2, 0) is 45.1 Å². The van der Waals surface area contributed by atoms with Gasteiger partial charge in [0, 0.05) is 13.0 Å². The van der Waals surface area contributed by atoms with Crippen molar-refractivity contribution in [2.45, 2.75) is 97.2 Å². The summed E-state index contributed by atoms with van der Waals surface area (Å²) in [6, 6.07) is 26.2. The number of aliphatic hydroxyl groups is 1. The fourth-order valence-electron chi connectivity index (χ4n) is 6.94. The molecule has 0 aliphatic heterocycles. The van der Waals surface area contributed by atoms with Gasteiger partial charge in [0.2, 0.25) is 23.6 Å². The Morgan fingerprint density at radius 1 is 0.738 bits per heavy atom. The number of aromatic nitrogens is 2. The fraction of sp³-hybridized carbons (Fsp3) is 0.383. The molecule has 0 bridgehead atoms. The molecule has 0 radical (unpaired) electrons. The Morgan fingerprint density at radius 2 is 1.39 bits per heavy atom. The van der Waals surface area contributed by atoms with Crippen molar-refractivity contribution in [1.29, 1.82) is 0 Å². The number of amides is 4. The third-order valence-electron chi connectivity index (χ3n) is 10.5. The molecule has 4 amide bonds. The van der Waals surface area contributed by atoms with E-state index in [1.165, 1.54) is 0 Å². The van der Waals surface area contributed by atoms with Gasteiger partial charge in [0.15, 0.2) is 0 Å². The van der Waals surface area contributed by atoms with Gasteiger partial charge in [0.1, 0.15) is 35.4 Å². The number of carbonyl (C=O) groups is 4. The summed E-state index contributed by atoms with van der Waals surface area (Å²) >= 11 is 0. The third-order valence-corrected chi connectivity index (χ3v) is 10.5. The lowest BCUT2D eigenvalue weighted by atomic mass is 9.85. The SMILES string of the molecule is COc1ccc(CN[C@@H](C(=O)N[C@H](C(=O)NCc2nc3ccccc3[nH]2)C(C)C)[C@H](O)[C@H](Cc2ccccc2)NC(=O)[C@@H](NC(=O)CCc2ccc(O)cc2)C(C)(C)C)cc1. The third kappa shape index (κ3) is 13.4. The van der Waals surface area contributed by atoms with E-state index in [1.54, 1.807) is 43.5 Å². The summed E-state index contributed by atoms with van der Waals surface area (Å²) in [5.41, 5.74) is 3.28. The standard InChI is InChI=1S/C47H59N7O7/c1-29(2)40(44(58)49-28-38-50-35-14-10-11-15-36(35)51-38)54-45(59)41(48-27-32-18-23-34(61-6)24-19-32)42(57)37(26-31-12-8-7-9-13-31)52-46(60)43(47(3,4)5)53-39(56)25-20-30-16-21-33(55)22-17-30/h7-19,21-24,29,37,40-43,48,55,57H,20,25-28H2,1-6H3,(H,49,58)(H,50,51)(H,52,60)(H,53,56)(H,54,59)/t37-,40-,41+,42+,43+/m0/s1. The molecule has 0 saturated heterocycles. The van der Waals surface area contributed by atoms with Crippen LogP contribution in [0.5, 0.6) is 11.5 Å². The zero-order valence-corrected chi connectivity index (χ0v) is 35.7. The number of aryl methyl sites for hydroxylation is 1. The highest BCUT2D eigenvalue weighted by Crippen LogP contribution is 2.22. The molecule has 14 heteroatoms. The maximum atomic E-state index is 14.5. The number of phenols is 1. The van der Waals surface area contributed by atoms with E-state index < -0.39 is 53.4 Å². The summed E-state index contributed by atoms with van der Waals surface area (Å²) < 4.78 is 5.31. The van der Waals surface area contributed by atoms with Crippen molar-refractivity contribution in [3.8, 4) is 11.5 Å². The average Bonchev–Trinajstić information content (AvgIpc) is 3.66. The van der Waals surface area contributed by atoms with Crippen molar-refractivity contribution in [3.05, 3.63) is 126 Å². The summed E-state index contributed by atoms with van der Waals surface area (Å²) in [4.78, 5) is 63.5. The first kappa shape index (κ1) is 45.8. The van der Waals surface area contributed by atoms with E-state index in [0.29, 0.717) is 18.0 Å². The number of hydrogen-bond acceptors (Lipinski definition) is 9. The molecule has 1 aromatic heterocycles. The predicted octanol–water partition coefficient (Wildman–Crippen LogP) is 4.44. The number of carbonyl (C=O) groups excluding carboxylic acids is 4. The van der Waals surface area contributed by atoms with Crippen LogP contribution in [0.15, 0.2) is 103 Å². The van der Waals surface area contributed by atoms with Crippen LogP contribution in [0, 0.1) is 11.3 Å². The molecule has 5 aromatic rings. The van der Waals surface area contributed by atoms with E-state index in [4.69, 9.17) is 4.74 Å². The largest absolute Gasteiger partial charge is 0.508 e. The molecular formula is C47H59N7O7. The Hall–Kier alpha value is -6.25. The van der Waals surface area contributed by atoms with Gasteiger partial charge in [-0.3, -0.25) is 24.5 Å². The number of ether oxygens (including phenoxy) is 1. The number of H-pyrrole nitrogens is 1. The minimum Gasteiger partial charge on any atom is -0.508 e. The van der Waals surface area contributed by atoms with Gasteiger partial charge in [-0.2, -0.15) is 0 Å². The van der Waals surface area contributed by atoms with Gasteiger partial charge in [-0.05, 0) is 77.3 Å². The normalized spacial score (nSPS) is 14.0. The van der Waals surface area contributed by atoms with E-state index in [9.17, 15) is 29.4 Å². The quantitative estimate of drug-likeness (QED) is 0.0557.